The minimum atomic E-state index is -3.37. The molecule has 2 rings (SSSR count). The van der Waals surface area contributed by atoms with E-state index in [1.807, 2.05) is 12.1 Å². The third-order valence-electron chi connectivity index (χ3n) is 3.92. The van der Waals surface area contributed by atoms with Crippen molar-refractivity contribution in [2.45, 2.75) is 62.9 Å². The molecular formula is C16H26N2O2S. The van der Waals surface area contributed by atoms with E-state index in [0.29, 0.717) is 4.90 Å². The van der Waals surface area contributed by atoms with Crippen molar-refractivity contribution in [1.29, 1.82) is 0 Å². The molecule has 1 aromatic rings. The van der Waals surface area contributed by atoms with E-state index in [1.165, 1.54) is 6.42 Å². The van der Waals surface area contributed by atoms with Gasteiger partial charge >= 0.3 is 0 Å². The Balaban J connectivity index is 1.95. The van der Waals surface area contributed by atoms with Crippen LogP contribution < -0.4 is 10.0 Å². The van der Waals surface area contributed by atoms with Gasteiger partial charge in [-0.2, -0.15) is 0 Å². The summed E-state index contributed by atoms with van der Waals surface area (Å²) in [4.78, 5) is 0.368. The molecule has 0 amide bonds. The highest BCUT2D eigenvalue weighted by molar-refractivity contribution is 7.89. The summed E-state index contributed by atoms with van der Waals surface area (Å²) in [7, 11) is -3.37. The summed E-state index contributed by atoms with van der Waals surface area (Å²) in [5.41, 5.74) is 1.11. The van der Waals surface area contributed by atoms with Gasteiger partial charge in [0.25, 0.3) is 0 Å². The van der Waals surface area contributed by atoms with Gasteiger partial charge in [-0.3, -0.25) is 0 Å². The topological polar surface area (TPSA) is 58.2 Å². The average molecular weight is 310 g/mol. The number of hydrogen-bond acceptors (Lipinski definition) is 3. The molecule has 0 heterocycles. The van der Waals surface area contributed by atoms with Crippen LogP contribution in [0.5, 0.6) is 0 Å². The molecule has 1 aromatic carbocycles. The van der Waals surface area contributed by atoms with Gasteiger partial charge in [0.1, 0.15) is 0 Å². The van der Waals surface area contributed by atoms with Crippen LogP contribution in [0.4, 0.5) is 0 Å². The van der Waals surface area contributed by atoms with E-state index in [0.717, 1.165) is 50.8 Å². The zero-order valence-corrected chi connectivity index (χ0v) is 13.6. The highest BCUT2D eigenvalue weighted by Crippen LogP contribution is 2.20. The predicted octanol–water partition coefficient (Wildman–Crippen LogP) is 2.80. The molecule has 0 spiro atoms. The molecule has 0 atom stereocenters. The summed E-state index contributed by atoms with van der Waals surface area (Å²) in [6, 6.07) is 7.29. The second kappa shape index (κ2) is 7.92. The Labute approximate surface area is 128 Å². The van der Waals surface area contributed by atoms with Crippen molar-refractivity contribution in [3.63, 3.8) is 0 Å². The second-order valence-corrected chi connectivity index (χ2v) is 7.49. The van der Waals surface area contributed by atoms with E-state index >= 15 is 0 Å². The first kappa shape index (κ1) is 16.5. The predicted molar refractivity (Wildman–Crippen MR) is 85.6 cm³/mol. The third-order valence-corrected chi connectivity index (χ3v) is 5.45. The molecule has 118 valence electrons. The van der Waals surface area contributed by atoms with Crippen LogP contribution in [0, 0.1) is 0 Å². The molecule has 5 heteroatoms. The molecule has 0 aromatic heterocycles. The van der Waals surface area contributed by atoms with Crippen LogP contribution in [0.2, 0.25) is 0 Å². The standard InChI is InChI=1S/C16H26N2O2S/c1-2-12-17-13-14-8-10-16(11-9-14)21(19,20)18-15-6-4-3-5-7-15/h8-11,15,17-18H,2-7,12-13H2,1H3. The highest BCUT2D eigenvalue weighted by atomic mass is 32.2. The van der Waals surface area contributed by atoms with E-state index < -0.39 is 10.0 Å². The van der Waals surface area contributed by atoms with Gasteiger partial charge in [-0.05, 0) is 43.5 Å². The molecule has 21 heavy (non-hydrogen) atoms. The lowest BCUT2D eigenvalue weighted by Gasteiger charge is -2.22. The maximum atomic E-state index is 12.3. The first-order valence-electron chi connectivity index (χ1n) is 7.94. The molecule has 0 saturated heterocycles. The minimum absolute atomic E-state index is 0.106. The summed E-state index contributed by atoms with van der Waals surface area (Å²) >= 11 is 0. The molecule has 0 unspecified atom stereocenters. The van der Waals surface area contributed by atoms with Crippen molar-refractivity contribution in [3.05, 3.63) is 29.8 Å². The number of hydrogen-bond donors (Lipinski definition) is 2. The van der Waals surface area contributed by atoms with Crippen LogP contribution in [0.3, 0.4) is 0 Å². The molecule has 1 fully saturated rings. The first-order chi connectivity index (χ1) is 10.1. The lowest BCUT2D eigenvalue weighted by Crippen LogP contribution is -2.36. The molecule has 1 aliphatic rings. The molecule has 1 saturated carbocycles. The number of nitrogens with one attached hydrogen (secondary N) is 2. The summed E-state index contributed by atoms with van der Waals surface area (Å²) < 4.78 is 27.5. The lowest BCUT2D eigenvalue weighted by atomic mass is 9.96. The summed E-state index contributed by atoms with van der Waals surface area (Å²) in [6.07, 6.45) is 6.47. The zero-order valence-electron chi connectivity index (χ0n) is 12.8. The highest BCUT2D eigenvalue weighted by Gasteiger charge is 2.21. The molecule has 4 nitrogen and oxygen atoms in total. The maximum Gasteiger partial charge on any atom is 0.240 e. The first-order valence-corrected chi connectivity index (χ1v) is 9.42. The van der Waals surface area contributed by atoms with Gasteiger partial charge in [-0.25, -0.2) is 13.1 Å². The molecule has 0 bridgehead atoms. The molecular weight excluding hydrogens is 284 g/mol. The van der Waals surface area contributed by atoms with Gasteiger partial charge in [0.15, 0.2) is 0 Å². The Kier molecular flexibility index (Phi) is 6.21. The van der Waals surface area contributed by atoms with Gasteiger partial charge in [-0.1, -0.05) is 38.3 Å². The van der Waals surface area contributed by atoms with E-state index in [-0.39, 0.29) is 6.04 Å². The fraction of sp³-hybridized carbons (Fsp3) is 0.625. The van der Waals surface area contributed by atoms with Crippen molar-refractivity contribution in [1.82, 2.24) is 10.0 Å². The van der Waals surface area contributed by atoms with Crippen molar-refractivity contribution in [2.24, 2.45) is 0 Å². The Morgan fingerprint density at radius 2 is 1.76 bits per heavy atom. The zero-order chi connectivity index (χ0) is 15.1. The Hall–Kier alpha value is -0.910. The Bertz CT molecular complexity index is 520. The summed E-state index contributed by atoms with van der Waals surface area (Å²) in [5, 5.41) is 3.31. The van der Waals surface area contributed by atoms with Crippen LogP contribution in [-0.2, 0) is 16.6 Å². The summed E-state index contributed by atoms with van der Waals surface area (Å²) in [5.74, 6) is 0. The quantitative estimate of drug-likeness (QED) is 0.761. The normalized spacial score (nSPS) is 17.0. The van der Waals surface area contributed by atoms with Gasteiger partial charge in [0.05, 0.1) is 4.90 Å². The van der Waals surface area contributed by atoms with Crippen LogP contribution in [0.1, 0.15) is 51.0 Å². The summed E-state index contributed by atoms with van der Waals surface area (Å²) in [6.45, 7) is 3.88. The van der Waals surface area contributed by atoms with E-state index in [9.17, 15) is 8.42 Å². The smallest absolute Gasteiger partial charge is 0.240 e. The SMILES string of the molecule is CCCNCc1ccc(S(=O)(=O)NC2CCCCC2)cc1. The molecule has 0 radical (unpaired) electrons. The number of rotatable bonds is 7. The largest absolute Gasteiger partial charge is 0.313 e. The van der Waals surface area contributed by atoms with Gasteiger partial charge in [-0.15, -0.1) is 0 Å². The molecule has 2 N–H and O–H groups in total. The van der Waals surface area contributed by atoms with Crippen molar-refractivity contribution in [3.8, 4) is 0 Å². The molecule has 0 aliphatic heterocycles. The van der Waals surface area contributed by atoms with Crippen molar-refractivity contribution < 1.29 is 8.42 Å². The third kappa shape index (κ3) is 5.09. The Morgan fingerprint density at radius 1 is 1.10 bits per heavy atom. The van der Waals surface area contributed by atoms with Gasteiger partial charge < -0.3 is 5.32 Å². The van der Waals surface area contributed by atoms with Crippen molar-refractivity contribution in [2.75, 3.05) is 6.54 Å². The lowest BCUT2D eigenvalue weighted by molar-refractivity contribution is 0.412. The van der Waals surface area contributed by atoms with Crippen LogP contribution in [0.15, 0.2) is 29.2 Å². The number of sulfonamides is 1. The van der Waals surface area contributed by atoms with E-state index in [2.05, 4.69) is 17.0 Å². The van der Waals surface area contributed by atoms with Crippen LogP contribution in [-0.4, -0.2) is 21.0 Å². The maximum absolute atomic E-state index is 12.3. The van der Waals surface area contributed by atoms with Crippen LogP contribution in [0.25, 0.3) is 0 Å². The van der Waals surface area contributed by atoms with E-state index in [4.69, 9.17) is 0 Å². The van der Waals surface area contributed by atoms with Gasteiger partial charge in [0, 0.05) is 12.6 Å². The monoisotopic (exact) mass is 310 g/mol. The van der Waals surface area contributed by atoms with Crippen molar-refractivity contribution >= 4 is 10.0 Å². The van der Waals surface area contributed by atoms with Crippen LogP contribution >= 0.6 is 0 Å². The van der Waals surface area contributed by atoms with E-state index in [1.54, 1.807) is 12.1 Å². The Morgan fingerprint density at radius 3 is 2.38 bits per heavy atom. The number of benzene rings is 1. The minimum Gasteiger partial charge on any atom is -0.313 e. The fourth-order valence-electron chi connectivity index (χ4n) is 2.70. The second-order valence-electron chi connectivity index (χ2n) is 5.78. The fourth-order valence-corrected chi connectivity index (χ4v) is 4.01. The van der Waals surface area contributed by atoms with Gasteiger partial charge in [0.2, 0.25) is 10.0 Å². The molecule has 1 aliphatic carbocycles. The average Bonchev–Trinajstić information content (AvgIpc) is 2.49.